The summed E-state index contributed by atoms with van der Waals surface area (Å²) in [4.78, 5) is 28.6. The molecule has 0 saturated carbocycles. The maximum Gasteiger partial charge on any atom is 0.254 e. The Labute approximate surface area is 150 Å². The summed E-state index contributed by atoms with van der Waals surface area (Å²) in [5, 5.41) is 2.81. The largest absolute Gasteiger partial charge is 0.324 e. The van der Waals surface area contributed by atoms with Gasteiger partial charge in [0.25, 0.3) is 5.56 Å². The van der Waals surface area contributed by atoms with Crippen LogP contribution in [0.5, 0.6) is 0 Å². The molecule has 0 spiro atoms. The monoisotopic (exact) mass is 351 g/mol. The first kappa shape index (κ1) is 17.5. The fourth-order valence-corrected chi connectivity index (χ4v) is 2.66. The van der Waals surface area contributed by atoms with Gasteiger partial charge in [0.15, 0.2) is 0 Å². The highest BCUT2D eigenvalue weighted by molar-refractivity contribution is 5.91. The maximum absolute atomic E-state index is 13.8. The van der Waals surface area contributed by atoms with E-state index >= 15 is 0 Å². The first-order valence-corrected chi connectivity index (χ1v) is 8.27. The predicted octanol–water partition coefficient (Wildman–Crippen LogP) is 3.25. The number of anilines is 1. The molecule has 0 aliphatic rings. The molecule has 132 valence electrons. The third kappa shape index (κ3) is 3.85. The van der Waals surface area contributed by atoms with Gasteiger partial charge in [-0.15, -0.1) is 0 Å². The van der Waals surface area contributed by atoms with E-state index in [1.165, 1.54) is 23.0 Å². The van der Waals surface area contributed by atoms with Crippen molar-refractivity contribution in [1.29, 1.82) is 0 Å². The van der Waals surface area contributed by atoms with Crippen LogP contribution in [0.1, 0.15) is 12.5 Å². The van der Waals surface area contributed by atoms with Crippen LogP contribution in [-0.4, -0.2) is 15.5 Å². The van der Waals surface area contributed by atoms with Crippen LogP contribution >= 0.6 is 0 Å². The molecule has 5 nitrogen and oxygen atoms in total. The molecule has 0 aliphatic carbocycles. The molecule has 0 radical (unpaired) electrons. The Morgan fingerprint density at radius 2 is 1.88 bits per heavy atom. The zero-order valence-corrected chi connectivity index (χ0v) is 14.3. The second kappa shape index (κ2) is 7.74. The maximum atomic E-state index is 13.8. The third-order valence-corrected chi connectivity index (χ3v) is 4.02. The van der Waals surface area contributed by atoms with Gasteiger partial charge in [-0.1, -0.05) is 37.3 Å². The number of carbonyl (C=O) groups excluding carboxylic acids is 1. The van der Waals surface area contributed by atoms with Crippen LogP contribution in [0.25, 0.3) is 11.3 Å². The van der Waals surface area contributed by atoms with Crippen molar-refractivity contribution in [2.75, 3.05) is 5.32 Å². The summed E-state index contributed by atoms with van der Waals surface area (Å²) in [5.74, 6) is -0.778. The van der Waals surface area contributed by atoms with Gasteiger partial charge in [-0.25, -0.2) is 9.37 Å². The lowest BCUT2D eigenvalue weighted by atomic mass is 10.1. The first-order chi connectivity index (χ1) is 12.6. The number of nitrogens with one attached hydrogen (secondary N) is 1. The van der Waals surface area contributed by atoms with Gasteiger partial charge in [0.1, 0.15) is 12.4 Å². The van der Waals surface area contributed by atoms with E-state index in [1.54, 1.807) is 18.2 Å². The summed E-state index contributed by atoms with van der Waals surface area (Å²) < 4.78 is 15.0. The molecule has 1 aromatic heterocycles. The van der Waals surface area contributed by atoms with Gasteiger partial charge in [-0.3, -0.25) is 14.2 Å². The molecule has 3 rings (SSSR count). The van der Waals surface area contributed by atoms with Crippen LogP contribution in [0.15, 0.2) is 65.7 Å². The van der Waals surface area contributed by atoms with E-state index in [2.05, 4.69) is 10.3 Å². The van der Waals surface area contributed by atoms with Crippen molar-refractivity contribution in [3.05, 3.63) is 82.7 Å². The number of aryl methyl sites for hydroxylation is 1. The Morgan fingerprint density at radius 1 is 1.15 bits per heavy atom. The first-order valence-electron chi connectivity index (χ1n) is 8.27. The number of amides is 1. The molecule has 0 aliphatic heterocycles. The van der Waals surface area contributed by atoms with E-state index in [9.17, 15) is 14.0 Å². The number of hydrogen-bond donors (Lipinski definition) is 1. The number of hydrogen-bond acceptors (Lipinski definition) is 3. The van der Waals surface area contributed by atoms with E-state index in [1.807, 2.05) is 31.2 Å². The Morgan fingerprint density at radius 3 is 2.62 bits per heavy atom. The molecule has 6 heteroatoms. The molecule has 2 aromatic carbocycles. The minimum Gasteiger partial charge on any atom is -0.324 e. The molecule has 0 fully saturated rings. The van der Waals surface area contributed by atoms with Gasteiger partial charge in [-0.2, -0.15) is 0 Å². The number of aromatic nitrogens is 2. The highest BCUT2D eigenvalue weighted by atomic mass is 19.1. The van der Waals surface area contributed by atoms with Gasteiger partial charge in [0.2, 0.25) is 5.91 Å². The van der Waals surface area contributed by atoms with Crippen LogP contribution in [-0.2, 0) is 17.8 Å². The zero-order valence-electron chi connectivity index (χ0n) is 14.3. The van der Waals surface area contributed by atoms with Crippen molar-refractivity contribution >= 4 is 11.6 Å². The minimum absolute atomic E-state index is 0.165. The van der Waals surface area contributed by atoms with Crippen LogP contribution in [0.3, 0.4) is 0 Å². The van der Waals surface area contributed by atoms with Crippen molar-refractivity contribution < 1.29 is 9.18 Å². The molecule has 0 unspecified atom stereocenters. The zero-order chi connectivity index (χ0) is 18.5. The Balaban J connectivity index is 1.77. The number of nitrogens with zero attached hydrogens (tertiary/aromatic N) is 2. The predicted molar refractivity (Wildman–Crippen MR) is 98.3 cm³/mol. The number of rotatable bonds is 5. The Kier molecular flexibility index (Phi) is 5.22. The van der Waals surface area contributed by atoms with E-state index in [0.29, 0.717) is 0 Å². The van der Waals surface area contributed by atoms with Crippen LogP contribution in [0.2, 0.25) is 0 Å². The van der Waals surface area contributed by atoms with Gasteiger partial charge < -0.3 is 5.32 Å². The highest BCUT2D eigenvalue weighted by Gasteiger charge is 2.10. The lowest BCUT2D eigenvalue weighted by molar-refractivity contribution is -0.116. The lowest BCUT2D eigenvalue weighted by Crippen LogP contribution is -2.27. The summed E-state index contributed by atoms with van der Waals surface area (Å²) >= 11 is 0. The molecule has 0 saturated heterocycles. The van der Waals surface area contributed by atoms with E-state index in [4.69, 9.17) is 0 Å². The summed E-state index contributed by atoms with van der Waals surface area (Å²) in [7, 11) is 0. The lowest BCUT2D eigenvalue weighted by Gasteiger charge is -2.11. The smallest absolute Gasteiger partial charge is 0.254 e. The Bertz CT molecular complexity index is 998. The number of benzene rings is 2. The summed E-state index contributed by atoms with van der Waals surface area (Å²) in [6.07, 6.45) is 2.05. The van der Waals surface area contributed by atoms with E-state index in [0.717, 1.165) is 17.7 Å². The number of para-hydroxylation sites is 1. The standard InChI is InChI=1S/C20H18FN3O2/c1-2-14-7-3-6-10-17(14)23-19(25)12-24-13-22-18(11-20(24)26)15-8-4-5-9-16(15)21/h3-11,13H,2,12H2,1H3,(H,23,25). The highest BCUT2D eigenvalue weighted by Crippen LogP contribution is 2.18. The molecule has 1 heterocycles. The summed E-state index contributed by atoms with van der Waals surface area (Å²) in [6, 6.07) is 14.8. The molecule has 1 N–H and O–H groups in total. The quantitative estimate of drug-likeness (QED) is 0.767. The van der Waals surface area contributed by atoms with Crippen LogP contribution < -0.4 is 10.9 Å². The summed E-state index contributed by atoms with van der Waals surface area (Å²) in [6.45, 7) is 1.84. The van der Waals surface area contributed by atoms with Crippen molar-refractivity contribution in [2.24, 2.45) is 0 Å². The second-order valence-corrected chi connectivity index (χ2v) is 5.78. The molecule has 26 heavy (non-hydrogen) atoms. The third-order valence-electron chi connectivity index (χ3n) is 4.02. The van der Waals surface area contributed by atoms with Crippen molar-refractivity contribution in [3.63, 3.8) is 0 Å². The molecule has 1 amide bonds. The molecular formula is C20H18FN3O2. The van der Waals surface area contributed by atoms with Gasteiger partial charge >= 0.3 is 0 Å². The molecule has 3 aromatic rings. The van der Waals surface area contributed by atoms with Crippen LogP contribution in [0, 0.1) is 5.82 Å². The summed E-state index contributed by atoms with van der Waals surface area (Å²) in [5.41, 5.74) is 1.81. The minimum atomic E-state index is -0.453. The fourth-order valence-electron chi connectivity index (χ4n) is 2.66. The topological polar surface area (TPSA) is 64.0 Å². The normalized spacial score (nSPS) is 10.5. The average molecular weight is 351 g/mol. The van der Waals surface area contributed by atoms with Crippen LogP contribution in [0.4, 0.5) is 10.1 Å². The molecule has 0 atom stereocenters. The van der Waals surface area contributed by atoms with Gasteiger partial charge in [-0.05, 0) is 30.2 Å². The van der Waals surface area contributed by atoms with Crippen molar-refractivity contribution in [3.8, 4) is 11.3 Å². The average Bonchev–Trinajstić information content (AvgIpc) is 2.64. The van der Waals surface area contributed by atoms with Gasteiger partial charge in [0.05, 0.1) is 12.0 Å². The molecular weight excluding hydrogens is 333 g/mol. The number of halogens is 1. The number of carbonyl (C=O) groups is 1. The second-order valence-electron chi connectivity index (χ2n) is 5.78. The Hall–Kier alpha value is -3.28. The SMILES string of the molecule is CCc1ccccc1NC(=O)Cn1cnc(-c2ccccc2F)cc1=O. The van der Waals surface area contributed by atoms with E-state index in [-0.39, 0.29) is 23.7 Å². The van der Waals surface area contributed by atoms with Crippen molar-refractivity contribution in [2.45, 2.75) is 19.9 Å². The fraction of sp³-hybridized carbons (Fsp3) is 0.150. The van der Waals surface area contributed by atoms with Gasteiger partial charge in [0, 0.05) is 17.3 Å². The van der Waals surface area contributed by atoms with Crippen molar-refractivity contribution in [1.82, 2.24) is 9.55 Å². The van der Waals surface area contributed by atoms with E-state index < -0.39 is 11.4 Å². The molecule has 0 bridgehead atoms.